The van der Waals surface area contributed by atoms with Crippen LogP contribution in [0, 0.1) is 6.92 Å². The summed E-state index contributed by atoms with van der Waals surface area (Å²) in [4.78, 5) is 9.26. The second kappa shape index (κ2) is 6.88. The van der Waals surface area contributed by atoms with Crippen molar-refractivity contribution >= 4 is 11.6 Å². The van der Waals surface area contributed by atoms with Gasteiger partial charge in [-0.15, -0.1) is 0 Å². The van der Waals surface area contributed by atoms with Crippen LogP contribution in [0.4, 0.5) is 11.6 Å². The largest absolute Gasteiger partial charge is 0.393 e. The van der Waals surface area contributed by atoms with Gasteiger partial charge >= 0.3 is 0 Å². The van der Waals surface area contributed by atoms with Crippen molar-refractivity contribution in [1.82, 2.24) is 9.97 Å². The highest BCUT2D eigenvalue weighted by Gasteiger charge is 2.21. The first kappa shape index (κ1) is 16.7. The van der Waals surface area contributed by atoms with Crippen LogP contribution in [0.5, 0.6) is 0 Å². The molecule has 5 nitrogen and oxygen atoms in total. The average molecular weight is 280 g/mol. The SMILES string of the molecule is CCNc1nc(C(C)(C)C)nc(NCCC(C)O)c1C. The molecule has 20 heavy (non-hydrogen) atoms. The van der Waals surface area contributed by atoms with E-state index in [4.69, 9.17) is 0 Å². The zero-order valence-electron chi connectivity index (χ0n) is 13.5. The molecule has 0 saturated carbocycles. The van der Waals surface area contributed by atoms with Crippen LogP contribution in [0.25, 0.3) is 0 Å². The third kappa shape index (κ3) is 4.63. The van der Waals surface area contributed by atoms with E-state index in [0.29, 0.717) is 13.0 Å². The van der Waals surface area contributed by atoms with Gasteiger partial charge in [-0.25, -0.2) is 9.97 Å². The fourth-order valence-corrected chi connectivity index (χ4v) is 1.76. The molecule has 0 spiro atoms. The number of nitrogens with one attached hydrogen (secondary N) is 2. The lowest BCUT2D eigenvalue weighted by molar-refractivity contribution is 0.188. The maximum absolute atomic E-state index is 9.34. The number of anilines is 2. The molecule has 0 aliphatic carbocycles. The van der Waals surface area contributed by atoms with Crippen molar-refractivity contribution in [3.63, 3.8) is 0 Å². The molecule has 5 heteroatoms. The van der Waals surface area contributed by atoms with E-state index in [0.717, 1.165) is 29.6 Å². The Hall–Kier alpha value is -1.36. The Balaban J connectivity index is 3.04. The molecule has 0 amide bonds. The first-order valence-electron chi connectivity index (χ1n) is 7.30. The van der Waals surface area contributed by atoms with Gasteiger partial charge in [0, 0.05) is 24.1 Å². The van der Waals surface area contributed by atoms with Crippen molar-refractivity contribution in [2.75, 3.05) is 23.7 Å². The van der Waals surface area contributed by atoms with Crippen LogP contribution in [0.3, 0.4) is 0 Å². The summed E-state index contributed by atoms with van der Waals surface area (Å²) in [5.74, 6) is 2.55. The fourth-order valence-electron chi connectivity index (χ4n) is 1.76. The minimum atomic E-state index is -0.306. The maximum atomic E-state index is 9.34. The molecule has 0 fully saturated rings. The first-order valence-corrected chi connectivity index (χ1v) is 7.30. The fraction of sp³-hybridized carbons (Fsp3) is 0.733. The van der Waals surface area contributed by atoms with Gasteiger partial charge < -0.3 is 15.7 Å². The summed E-state index contributed by atoms with van der Waals surface area (Å²) in [5, 5.41) is 15.9. The highest BCUT2D eigenvalue weighted by Crippen LogP contribution is 2.26. The average Bonchev–Trinajstić information content (AvgIpc) is 2.32. The van der Waals surface area contributed by atoms with E-state index in [1.807, 2.05) is 6.92 Å². The third-order valence-corrected chi connectivity index (χ3v) is 3.02. The van der Waals surface area contributed by atoms with E-state index in [1.54, 1.807) is 6.92 Å². The van der Waals surface area contributed by atoms with E-state index in [2.05, 4.69) is 48.3 Å². The second-order valence-electron chi connectivity index (χ2n) is 6.21. The molecule has 1 unspecified atom stereocenters. The molecule has 1 rings (SSSR count). The molecular formula is C15H28N4O. The molecule has 3 N–H and O–H groups in total. The number of nitrogens with zero attached hydrogens (tertiary/aromatic N) is 2. The second-order valence-corrected chi connectivity index (χ2v) is 6.21. The topological polar surface area (TPSA) is 70.1 Å². The number of hydrogen-bond acceptors (Lipinski definition) is 5. The van der Waals surface area contributed by atoms with Gasteiger partial charge in [0.05, 0.1) is 6.10 Å². The van der Waals surface area contributed by atoms with E-state index >= 15 is 0 Å². The highest BCUT2D eigenvalue weighted by atomic mass is 16.3. The number of aromatic nitrogens is 2. The van der Waals surface area contributed by atoms with E-state index in [1.165, 1.54) is 0 Å². The molecule has 1 heterocycles. The van der Waals surface area contributed by atoms with Crippen LogP contribution < -0.4 is 10.6 Å². The minimum absolute atomic E-state index is 0.0986. The van der Waals surface area contributed by atoms with Gasteiger partial charge in [-0.05, 0) is 27.2 Å². The van der Waals surface area contributed by atoms with Gasteiger partial charge in [0.1, 0.15) is 17.5 Å². The summed E-state index contributed by atoms with van der Waals surface area (Å²) in [6.45, 7) is 13.7. The smallest absolute Gasteiger partial charge is 0.138 e. The Morgan fingerprint density at radius 2 is 1.70 bits per heavy atom. The molecular weight excluding hydrogens is 252 g/mol. The number of rotatable bonds is 6. The zero-order chi connectivity index (χ0) is 15.3. The molecule has 114 valence electrons. The van der Waals surface area contributed by atoms with E-state index in [-0.39, 0.29) is 11.5 Å². The molecule has 0 saturated heterocycles. The Morgan fingerprint density at radius 3 is 2.15 bits per heavy atom. The molecule has 1 atom stereocenters. The molecule has 0 aliphatic rings. The maximum Gasteiger partial charge on any atom is 0.138 e. The summed E-state index contributed by atoms with van der Waals surface area (Å²) in [6, 6.07) is 0. The Morgan fingerprint density at radius 1 is 1.15 bits per heavy atom. The molecule has 1 aromatic rings. The van der Waals surface area contributed by atoms with Gasteiger partial charge in [0.15, 0.2) is 0 Å². The van der Waals surface area contributed by atoms with Crippen molar-refractivity contribution in [3.8, 4) is 0 Å². The summed E-state index contributed by atoms with van der Waals surface area (Å²) >= 11 is 0. The minimum Gasteiger partial charge on any atom is -0.393 e. The van der Waals surface area contributed by atoms with Gasteiger partial charge in [-0.1, -0.05) is 20.8 Å². The van der Waals surface area contributed by atoms with Crippen molar-refractivity contribution in [2.45, 2.75) is 59.5 Å². The number of hydrogen-bond donors (Lipinski definition) is 3. The quantitative estimate of drug-likeness (QED) is 0.747. The van der Waals surface area contributed by atoms with Gasteiger partial charge in [-0.3, -0.25) is 0 Å². The van der Waals surface area contributed by atoms with Crippen LogP contribution in [-0.4, -0.2) is 34.3 Å². The Kier molecular flexibility index (Phi) is 5.74. The van der Waals surface area contributed by atoms with Crippen molar-refractivity contribution in [2.24, 2.45) is 0 Å². The Bertz CT molecular complexity index is 438. The number of aliphatic hydroxyl groups is 1. The molecule has 0 bridgehead atoms. The van der Waals surface area contributed by atoms with Crippen molar-refractivity contribution in [3.05, 3.63) is 11.4 Å². The summed E-state index contributed by atoms with van der Waals surface area (Å²) in [7, 11) is 0. The van der Waals surface area contributed by atoms with Crippen molar-refractivity contribution in [1.29, 1.82) is 0 Å². The summed E-state index contributed by atoms with van der Waals surface area (Å²) in [5.41, 5.74) is 0.920. The normalized spacial score (nSPS) is 13.2. The molecule has 0 aromatic carbocycles. The van der Waals surface area contributed by atoms with Crippen molar-refractivity contribution < 1.29 is 5.11 Å². The van der Waals surface area contributed by atoms with Gasteiger partial charge in [-0.2, -0.15) is 0 Å². The lowest BCUT2D eigenvalue weighted by Crippen LogP contribution is -2.20. The highest BCUT2D eigenvalue weighted by molar-refractivity contribution is 5.57. The van der Waals surface area contributed by atoms with Crippen LogP contribution in [0.15, 0.2) is 0 Å². The monoisotopic (exact) mass is 280 g/mol. The van der Waals surface area contributed by atoms with Crippen LogP contribution >= 0.6 is 0 Å². The number of aliphatic hydroxyl groups excluding tert-OH is 1. The van der Waals surface area contributed by atoms with Crippen LogP contribution in [-0.2, 0) is 5.41 Å². The third-order valence-electron chi connectivity index (χ3n) is 3.02. The standard InChI is InChI=1S/C15H28N4O/c1-7-16-12-11(3)13(17-9-8-10(2)20)19-14(18-12)15(4,5)6/h10,20H,7-9H2,1-6H3,(H2,16,17,18,19). The van der Waals surface area contributed by atoms with Crippen LogP contribution in [0.2, 0.25) is 0 Å². The predicted molar refractivity (Wildman–Crippen MR) is 84.4 cm³/mol. The molecule has 1 aromatic heterocycles. The molecule has 0 radical (unpaired) electrons. The summed E-state index contributed by atoms with van der Waals surface area (Å²) in [6.07, 6.45) is 0.394. The molecule has 0 aliphatic heterocycles. The van der Waals surface area contributed by atoms with Gasteiger partial charge in [0.25, 0.3) is 0 Å². The zero-order valence-corrected chi connectivity index (χ0v) is 13.5. The Labute approximate surface area is 122 Å². The predicted octanol–water partition coefficient (Wildman–Crippen LogP) is 2.70. The first-order chi connectivity index (χ1) is 9.25. The summed E-state index contributed by atoms with van der Waals surface area (Å²) < 4.78 is 0. The van der Waals surface area contributed by atoms with Gasteiger partial charge in [0.2, 0.25) is 0 Å². The van der Waals surface area contributed by atoms with E-state index in [9.17, 15) is 5.11 Å². The van der Waals surface area contributed by atoms with E-state index < -0.39 is 0 Å². The lowest BCUT2D eigenvalue weighted by Gasteiger charge is -2.21. The van der Waals surface area contributed by atoms with Crippen LogP contribution in [0.1, 0.15) is 52.4 Å². The lowest BCUT2D eigenvalue weighted by atomic mass is 9.95.